The van der Waals surface area contributed by atoms with E-state index in [9.17, 15) is 14.7 Å². The van der Waals surface area contributed by atoms with Gasteiger partial charge in [0.2, 0.25) is 5.13 Å². The fraction of sp³-hybridized carbons (Fsp3) is 0.172. The predicted octanol–water partition coefficient (Wildman–Crippen LogP) is 7.55. The number of aromatic nitrogens is 2. The van der Waals surface area contributed by atoms with Gasteiger partial charge in [-0.25, -0.2) is 0 Å². The standard InChI is InChI=1S/C29H23Cl2N3O4S2/c1-2-14-38-20-11-8-18(9-12-20)25(35)23-24(21-13-10-19(30)15-22(21)31)34(27(37)26(23)36)28-32-33-29(40-28)39-16-17-6-4-3-5-7-17/h3-13,15,24,35H,2,14,16H2,1H3/b25-23+. The van der Waals surface area contributed by atoms with Crippen molar-refractivity contribution < 1.29 is 19.4 Å². The lowest BCUT2D eigenvalue weighted by atomic mass is 9.95. The Kier molecular flexibility index (Phi) is 8.75. The minimum absolute atomic E-state index is 0.106. The van der Waals surface area contributed by atoms with Crippen molar-refractivity contribution in [3.8, 4) is 5.75 Å². The Labute approximate surface area is 249 Å². The van der Waals surface area contributed by atoms with Crippen molar-refractivity contribution in [3.63, 3.8) is 0 Å². The first-order valence-corrected chi connectivity index (χ1v) is 14.9. The number of rotatable bonds is 9. The fourth-order valence-electron chi connectivity index (χ4n) is 4.21. The van der Waals surface area contributed by atoms with Gasteiger partial charge in [-0.05, 0) is 53.9 Å². The Morgan fingerprint density at radius 3 is 2.50 bits per heavy atom. The molecule has 1 fully saturated rings. The molecule has 1 aromatic heterocycles. The molecule has 1 saturated heterocycles. The molecule has 0 radical (unpaired) electrons. The predicted molar refractivity (Wildman–Crippen MR) is 159 cm³/mol. The molecule has 0 saturated carbocycles. The summed E-state index contributed by atoms with van der Waals surface area (Å²) in [6.07, 6.45) is 0.852. The zero-order chi connectivity index (χ0) is 28.2. The lowest BCUT2D eigenvalue weighted by molar-refractivity contribution is -0.132. The van der Waals surface area contributed by atoms with E-state index in [1.807, 2.05) is 37.3 Å². The zero-order valence-electron chi connectivity index (χ0n) is 21.2. The van der Waals surface area contributed by atoms with Crippen molar-refractivity contribution in [2.45, 2.75) is 29.5 Å². The van der Waals surface area contributed by atoms with E-state index >= 15 is 0 Å². The summed E-state index contributed by atoms with van der Waals surface area (Å²) in [6, 6.07) is 20.3. The first-order chi connectivity index (χ1) is 19.4. The number of nitrogens with zero attached hydrogens (tertiary/aromatic N) is 3. The third-order valence-electron chi connectivity index (χ3n) is 6.11. The summed E-state index contributed by atoms with van der Waals surface area (Å²) in [5.74, 6) is -0.726. The zero-order valence-corrected chi connectivity index (χ0v) is 24.4. The van der Waals surface area contributed by atoms with Gasteiger partial charge in [0.25, 0.3) is 5.78 Å². The number of ether oxygens (including phenoxy) is 1. The Morgan fingerprint density at radius 2 is 1.80 bits per heavy atom. The van der Waals surface area contributed by atoms with E-state index in [0.29, 0.717) is 38.6 Å². The van der Waals surface area contributed by atoms with Gasteiger partial charge in [-0.2, -0.15) is 0 Å². The van der Waals surface area contributed by atoms with Gasteiger partial charge in [0.1, 0.15) is 11.5 Å². The molecule has 7 nitrogen and oxygen atoms in total. The van der Waals surface area contributed by atoms with Crippen LogP contribution in [0.1, 0.15) is 36.1 Å². The minimum atomic E-state index is -1.04. The van der Waals surface area contributed by atoms with Gasteiger partial charge < -0.3 is 9.84 Å². The second kappa shape index (κ2) is 12.4. The molecular weight excluding hydrogens is 589 g/mol. The van der Waals surface area contributed by atoms with Gasteiger partial charge in [-0.15, -0.1) is 10.2 Å². The van der Waals surface area contributed by atoms with Gasteiger partial charge in [0.05, 0.1) is 18.2 Å². The molecule has 1 N–H and O–H groups in total. The Morgan fingerprint density at radius 1 is 1.05 bits per heavy atom. The average Bonchev–Trinajstić information content (AvgIpc) is 3.53. The number of hydrogen-bond acceptors (Lipinski definition) is 8. The van der Waals surface area contributed by atoms with E-state index in [1.54, 1.807) is 36.4 Å². The minimum Gasteiger partial charge on any atom is -0.507 e. The molecule has 0 bridgehead atoms. The van der Waals surface area contributed by atoms with Crippen LogP contribution in [0.15, 0.2) is 82.7 Å². The fourth-order valence-corrected chi connectivity index (χ4v) is 6.54. The number of anilines is 1. The van der Waals surface area contributed by atoms with E-state index in [2.05, 4.69) is 10.2 Å². The van der Waals surface area contributed by atoms with E-state index in [0.717, 1.165) is 12.0 Å². The number of benzene rings is 3. The van der Waals surface area contributed by atoms with Gasteiger partial charge in [0.15, 0.2) is 4.34 Å². The van der Waals surface area contributed by atoms with Gasteiger partial charge in [-0.3, -0.25) is 14.5 Å². The van der Waals surface area contributed by atoms with Crippen molar-refractivity contribution in [1.82, 2.24) is 10.2 Å². The monoisotopic (exact) mass is 611 g/mol. The lowest BCUT2D eigenvalue weighted by Crippen LogP contribution is -2.29. The van der Waals surface area contributed by atoms with Crippen LogP contribution in [0.3, 0.4) is 0 Å². The summed E-state index contributed by atoms with van der Waals surface area (Å²) in [5, 5.41) is 20.7. The molecule has 0 spiro atoms. The highest BCUT2D eigenvalue weighted by Crippen LogP contribution is 2.46. The summed E-state index contributed by atoms with van der Waals surface area (Å²) in [5.41, 5.74) is 1.78. The third kappa shape index (κ3) is 5.88. The average molecular weight is 613 g/mol. The third-order valence-corrected chi connectivity index (χ3v) is 8.80. The molecule has 1 aliphatic rings. The summed E-state index contributed by atoms with van der Waals surface area (Å²) in [6.45, 7) is 2.56. The van der Waals surface area contributed by atoms with Gasteiger partial charge in [-0.1, -0.05) is 89.6 Å². The van der Waals surface area contributed by atoms with Crippen LogP contribution in [0.25, 0.3) is 5.76 Å². The summed E-state index contributed by atoms with van der Waals surface area (Å²) in [4.78, 5) is 28.1. The number of ketones is 1. The maximum atomic E-state index is 13.4. The number of carbonyl (C=O) groups excluding carboxylic acids is 2. The molecule has 2 heterocycles. The Bertz CT molecular complexity index is 1580. The molecular formula is C29H23Cl2N3O4S2. The molecule has 11 heteroatoms. The van der Waals surface area contributed by atoms with Crippen LogP contribution in [0.5, 0.6) is 5.75 Å². The van der Waals surface area contributed by atoms with Crippen molar-refractivity contribution >= 4 is 68.9 Å². The molecule has 1 unspecified atom stereocenters. The first kappa shape index (κ1) is 28.2. The maximum Gasteiger partial charge on any atom is 0.301 e. The molecule has 4 aromatic rings. The molecule has 0 aliphatic carbocycles. The second-order valence-electron chi connectivity index (χ2n) is 8.83. The number of amides is 1. The molecule has 1 aliphatic heterocycles. The quantitative estimate of drug-likeness (QED) is 0.0686. The van der Waals surface area contributed by atoms with Crippen LogP contribution < -0.4 is 9.64 Å². The lowest BCUT2D eigenvalue weighted by Gasteiger charge is -2.23. The number of thioether (sulfide) groups is 1. The van der Waals surface area contributed by atoms with E-state index in [4.69, 9.17) is 27.9 Å². The van der Waals surface area contributed by atoms with Crippen molar-refractivity contribution in [3.05, 3.63) is 105 Å². The maximum absolute atomic E-state index is 13.4. The number of hydrogen-bond donors (Lipinski definition) is 1. The number of Topliss-reactive ketones (excluding diaryl/α,β-unsaturated/α-hetero) is 1. The first-order valence-electron chi connectivity index (χ1n) is 12.4. The number of carbonyl (C=O) groups is 2. The summed E-state index contributed by atoms with van der Waals surface area (Å²) in [7, 11) is 0. The largest absolute Gasteiger partial charge is 0.507 e. The highest BCUT2D eigenvalue weighted by molar-refractivity contribution is 8.00. The number of aliphatic hydroxyl groups excluding tert-OH is 1. The van der Waals surface area contributed by atoms with E-state index in [1.165, 1.54) is 34.1 Å². The molecule has 1 atom stereocenters. The van der Waals surface area contributed by atoms with Crippen LogP contribution >= 0.6 is 46.3 Å². The van der Waals surface area contributed by atoms with Crippen molar-refractivity contribution in [2.24, 2.45) is 0 Å². The Hall–Kier alpha value is -3.37. The van der Waals surface area contributed by atoms with Crippen LogP contribution in [0, 0.1) is 0 Å². The molecule has 3 aromatic carbocycles. The van der Waals surface area contributed by atoms with Crippen molar-refractivity contribution in [2.75, 3.05) is 11.5 Å². The van der Waals surface area contributed by atoms with Gasteiger partial charge in [0, 0.05) is 21.4 Å². The molecule has 5 rings (SSSR count). The Balaban J connectivity index is 1.54. The van der Waals surface area contributed by atoms with Crippen molar-refractivity contribution in [1.29, 1.82) is 0 Å². The molecule has 204 valence electrons. The van der Waals surface area contributed by atoms with Crippen LogP contribution in [-0.2, 0) is 15.3 Å². The summed E-state index contributed by atoms with van der Waals surface area (Å²) >= 11 is 15.4. The van der Waals surface area contributed by atoms with E-state index < -0.39 is 17.7 Å². The summed E-state index contributed by atoms with van der Waals surface area (Å²) < 4.78 is 6.25. The normalized spacial score (nSPS) is 16.5. The SMILES string of the molecule is CCCOc1ccc(/C(O)=C2\C(=O)C(=O)N(c3nnc(SCc4ccccc4)s3)C2c2ccc(Cl)cc2Cl)cc1. The van der Waals surface area contributed by atoms with Crippen LogP contribution in [0.4, 0.5) is 5.13 Å². The number of aliphatic hydroxyl groups is 1. The highest BCUT2D eigenvalue weighted by Gasteiger charge is 2.49. The highest BCUT2D eigenvalue weighted by atomic mass is 35.5. The van der Waals surface area contributed by atoms with Crippen LogP contribution in [-0.4, -0.2) is 33.6 Å². The van der Waals surface area contributed by atoms with E-state index in [-0.39, 0.29) is 21.5 Å². The van der Waals surface area contributed by atoms with Crippen LogP contribution in [0.2, 0.25) is 10.0 Å². The smallest absolute Gasteiger partial charge is 0.301 e. The molecule has 1 amide bonds. The topological polar surface area (TPSA) is 92.6 Å². The number of halogens is 2. The molecule has 40 heavy (non-hydrogen) atoms. The second-order valence-corrected chi connectivity index (χ2v) is 11.9. The van der Waals surface area contributed by atoms with Gasteiger partial charge >= 0.3 is 5.91 Å².